The minimum Gasteiger partial charge on any atom is -0.375 e. The largest absolute Gasteiger partial charge is 0.375 e. The maximum atomic E-state index is 5.82. The molecule has 2 N–H and O–H groups in total. The van der Waals surface area contributed by atoms with E-state index >= 15 is 0 Å². The minimum absolute atomic E-state index is 0.263. The monoisotopic (exact) mass is 282 g/mol. The van der Waals surface area contributed by atoms with Crippen molar-refractivity contribution in [1.82, 2.24) is 5.32 Å². The number of anilines is 2. The molecule has 1 aliphatic heterocycles. The van der Waals surface area contributed by atoms with Crippen molar-refractivity contribution in [3.05, 3.63) is 59.7 Å². The average Bonchev–Trinajstić information content (AvgIpc) is 2.52. The number of morpholine rings is 1. The van der Waals surface area contributed by atoms with E-state index in [1.54, 1.807) is 0 Å². The van der Waals surface area contributed by atoms with Crippen LogP contribution < -0.4 is 10.6 Å². The number of benzene rings is 2. The number of rotatable bonds is 4. The van der Waals surface area contributed by atoms with E-state index in [-0.39, 0.29) is 6.10 Å². The zero-order valence-electron chi connectivity index (χ0n) is 12.4. The van der Waals surface area contributed by atoms with Gasteiger partial charge in [-0.2, -0.15) is 0 Å². The van der Waals surface area contributed by atoms with Crippen molar-refractivity contribution in [3.63, 3.8) is 0 Å². The van der Waals surface area contributed by atoms with Crippen LogP contribution in [0.2, 0.25) is 0 Å². The Morgan fingerprint density at radius 1 is 1.10 bits per heavy atom. The first-order chi connectivity index (χ1) is 10.3. The molecule has 0 radical (unpaired) electrons. The molecule has 1 aliphatic rings. The Balaban J connectivity index is 1.77. The summed E-state index contributed by atoms with van der Waals surface area (Å²) < 4.78 is 5.82. The molecule has 1 unspecified atom stereocenters. The summed E-state index contributed by atoms with van der Waals surface area (Å²) in [5, 5.41) is 6.94. The smallest absolute Gasteiger partial charge is 0.0741 e. The van der Waals surface area contributed by atoms with Crippen LogP contribution in [0.4, 0.5) is 11.4 Å². The van der Waals surface area contributed by atoms with Crippen LogP contribution in [0.25, 0.3) is 0 Å². The summed E-state index contributed by atoms with van der Waals surface area (Å²) in [6.07, 6.45) is 1.20. The predicted octanol–water partition coefficient (Wildman–Crippen LogP) is 3.27. The van der Waals surface area contributed by atoms with Crippen molar-refractivity contribution in [3.8, 4) is 0 Å². The van der Waals surface area contributed by atoms with E-state index in [4.69, 9.17) is 4.74 Å². The van der Waals surface area contributed by atoms with Crippen LogP contribution in [0.15, 0.2) is 48.5 Å². The Bertz CT molecular complexity index is 591. The summed E-state index contributed by atoms with van der Waals surface area (Å²) in [6, 6.07) is 16.8. The fourth-order valence-electron chi connectivity index (χ4n) is 2.67. The lowest BCUT2D eigenvalue weighted by Gasteiger charge is -2.24. The molecule has 21 heavy (non-hydrogen) atoms. The molecule has 0 saturated carbocycles. The summed E-state index contributed by atoms with van der Waals surface area (Å²) in [7, 11) is 0. The number of para-hydroxylation sites is 2. The molecule has 1 saturated heterocycles. The van der Waals surface area contributed by atoms with Gasteiger partial charge in [0, 0.05) is 30.9 Å². The third-order valence-electron chi connectivity index (χ3n) is 3.88. The first-order valence-corrected chi connectivity index (χ1v) is 7.56. The van der Waals surface area contributed by atoms with Gasteiger partial charge in [0.2, 0.25) is 0 Å². The second kappa shape index (κ2) is 6.74. The van der Waals surface area contributed by atoms with Crippen LogP contribution in [0, 0.1) is 6.92 Å². The Morgan fingerprint density at radius 3 is 2.62 bits per heavy atom. The molecule has 0 aromatic heterocycles. The van der Waals surface area contributed by atoms with Gasteiger partial charge in [0.05, 0.1) is 12.7 Å². The summed E-state index contributed by atoms with van der Waals surface area (Å²) in [6.45, 7) is 4.81. The number of hydrogen-bond donors (Lipinski definition) is 2. The van der Waals surface area contributed by atoms with Crippen LogP contribution in [0.5, 0.6) is 0 Å². The van der Waals surface area contributed by atoms with E-state index in [9.17, 15) is 0 Å². The Hall–Kier alpha value is -1.84. The van der Waals surface area contributed by atoms with Crippen molar-refractivity contribution in [1.29, 1.82) is 0 Å². The summed E-state index contributed by atoms with van der Waals surface area (Å²) in [5.74, 6) is 0. The van der Waals surface area contributed by atoms with Gasteiger partial charge in [-0.1, -0.05) is 36.4 Å². The second-order valence-electron chi connectivity index (χ2n) is 5.50. The third kappa shape index (κ3) is 3.63. The highest BCUT2D eigenvalue weighted by molar-refractivity contribution is 5.65. The molecule has 1 fully saturated rings. The molecular formula is C18H22N2O. The Morgan fingerprint density at radius 2 is 1.86 bits per heavy atom. The lowest BCUT2D eigenvalue weighted by molar-refractivity contribution is 0.0293. The van der Waals surface area contributed by atoms with Crippen molar-refractivity contribution in [2.75, 3.05) is 25.0 Å². The maximum absolute atomic E-state index is 5.82. The van der Waals surface area contributed by atoms with Gasteiger partial charge in [0.1, 0.15) is 0 Å². The first kappa shape index (κ1) is 14.1. The molecule has 1 heterocycles. The maximum Gasteiger partial charge on any atom is 0.0741 e. The molecule has 110 valence electrons. The molecule has 0 aliphatic carbocycles. The van der Waals surface area contributed by atoms with Crippen LogP contribution >= 0.6 is 0 Å². The van der Waals surface area contributed by atoms with Crippen molar-refractivity contribution >= 4 is 11.4 Å². The average molecular weight is 282 g/mol. The molecule has 0 bridgehead atoms. The SMILES string of the molecule is Cc1ccccc1Nc1ccccc1CC1CNCCO1. The first-order valence-electron chi connectivity index (χ1n) is 7.56. The predicted molar refractivity (Wildman–Crippen MR) is 87.2 cm³/mol. The number of ether oxygens (including phenoxy) is 1. The fourth-order valence-corrected chi connectivity index (χ4v) is 2.67. The Kier molecular flexibility index (Phi) is 4.53. The molecule has 3 rings (SSSR count). The molecular weight excluding hydrogens is 260 g/mol. The van der Waals surface area contributed by atoms with Gasteiger partial charge < -0.3 is 15.4 Å². The van der Waals surface area contributed by atoms with Gasteiger partial charge in [-0.25, -0.2) is 0 Å². The van der Waals surface area contributed by atoms with Gasteiger partial charge in [-0.15, -0.1) is 0 Å². The minimum atomic E-state index is 0.263. The van der Waals surface area contributed by atoms with Crippen molar-refractivity contribution in [2.24, 2.45) is 0 Å². The molecule has 2 aromatic rings. The van der Waals surface area contributed by atoms with E-state index in [1.807, 2.05) is 0 Å². The zero-order chi connectivity index (χ0) is 14.5. The number of hydrogen-bond acceptors (Lipinski definition) is 3. The zero-order valence-corrected chi connectivity index (χ0v) is 12.4. The highest BCUT2D eigenvalue weighted by Gasteiger charge is 2.15. The molecule has 1 atom stereocenters. The lowest BCUT2D eigenvalue weighted by atomic mass is 10.0. The van der Waals surface area contributed by atoms with Crippen LogP contribution in [0.1, 0.15) is 11.1 Å². The fraction of sp³-hybridized carbons (Fsp3) is 0.333. The number of nitrogens with one attached hydrogen (secondary N) is 2. The second-order valence-corrected chi connectivity index (χ2v) is 5.50. The van der Waals surface area contributed by atoms with Gasteiger partial charge in [-0.05, 0) is 30.2 Å². The standard InChI is InChI=1S/C18H22N2O/c1-14-6-2-4-8-17(14)20-18-9-5-3-7-15(18)12-16-13-19-10-11-21-16/h2-9,16,19-20H,10-13H2,1H3. The third-order valence-corrected chi connectivity index (χ3v) is 3.88. The molecule has 3 nitrogen and oxygen atoms in total. The quantitative estimate of drug-likeness (QED) is 0.903. The lowest BCUT2D eigenvalue weighted by Crippen LogP contribution is -2.39. The van der Waals surface area contributed by atoms with Gasteiger partial charge in [-0.3, -0.25) is 0 Å². The van der Waals surface area contributed by atoms with Gasteiger partial charge in [0.25, 0.3) is 0 Å². The van der Waals surface area contributed by atoms with E-state index < -0.39 is 0 Å². The van der Waals surface area contributed by atoms with Gasteiger partial charge >= 0.3 is 0 Å². The summed E-state index contributed by atoms with van der Waals surface area (Å²) in [5.41, 5.74) is 4.88. The van der Waals surface area contributed by atoms with Gasteiger partial charge in [0.15, 0.2) is 0 Å². The molecule has 2 aromatic carbocycles. The Labute approximate surface area is 126 Å². The van der Waals surface area contributed by atoms with Crippen molar-refractivity contribution in [2.45, 2.75) is 19.4 Å². The normalized spacial score (nSPS) is 18.4. The van der Waals surface area contributed by atoms with E-state index in [0.29, 0.717) is 0 Å². The highest BCUT2D eigenvalue weighted by atomic mass is 16.5. The summed E-state index contributed by atoms with van der Waals surface area (Å²) >= 11 is 0. The van der Waals surface area contributed by atoms with Crippen LogP contribution in [-0.4, -0.2) is 25.8 Å². The molecule has 0 amide bonds. The van der Waals surface area contributed by atoms with Crippen LogP contribution in [-0.2, 0) is 11.2 Å². The topological polar surface area (TPSA) is 33.3 Å². The van der Waals surface area contributed by atoms with E-state index in [0.717, 1.165) is 31.8 Å². The van der Waals surface area contributed by atoms with E-state index in [1.165, 1.54) is 16.8 Å². The molecule has 3 heteroatoms. The number of aryl methyl sites for hydroxylation is 1. The van der Waals surface area contributed by atoms with Crippen molar-refractivity contribution < 1.29 is 4.74 Å². The van der Waals surface area contributed by atoms with Crippen LogP contribution in [0.3, 0.4) is 0 Å². The summed E-state index contributed by atoms with van der Waals surface area (Å²) in [4.78, 5) is 0. The van der Waals surface area contributed by atoms with E-state index in [2.05, 4.69) is 66.1 Å². The highest BCUT2D eigenvalue weighted by Crippen LogP contribution is 2.24. The molecule has 0 spiro atoms.